The van der Waals surface area contributed by atoms with E-state index in [-0.39, 0.29) is 11.7 Å². The number of hydrazone groups is 1. The van der Waals surface area contributed by atoms with Crippen molar-refractivity contribution in [3.63, 3.8) is 0 Å². The Morgan fingerprint density at radius 2 is 1.77 bits per heavy atom. The smallest absolute Gasteiger partial charge is 0.250 e. The van der Waals surface area contributed by atoms with E-state index in [4.69, 9.17) is 16.3 Å². The summed E-state index contributed by atoms with van der Waals surface area (Å²) in [6.45, 7) is 0.487. The van der Waals surface area contributed by atoms with Gasteiger partial charge in [0.2, 0.25) is 0 Å². The monoisotopic (exact) mass is 540 g/mol. The molecule has 6 nitrogen and oxygen atoms in total. The number of rotatable bonds is 11. The van der Waals surface area contributed by atoms with E-state index < -0.39 is 0 Å². The van der Waals surface area contributed by atoms with E-state index in [1.165, 1.54) is 23.1 Å². The molecule has 35 heavy (non-hydrogen) atoms. The molecule has 1 amide bonds. The van der Waals surface area contributed by atoms with Crippen LogP contribution in [0.25, 0.3) is 0 Å². The molecule has 0 aliphatic carbocycles. The molecule has 0 unspecified atom stereocenters. The van der Waals surface area contributed by atoms with Crippen LogP contribution in [0.2, 0.25) is 5.02 Å². The molecule has 0 spiro atoms. The minimum atomic E-state index is -0.219. The summed E-state index contributed by atoms with van der Waals surface area (Å²) < 4.78 is 7.39. The van der Waals surface area contributed by atoms with Crippen LogP contribution >= 0.6 is 46.5 Å². The second kappa shape index (κ2) is 13.3. The van der Waals surface area contributed by atoms with Gasteiger partial charge < -0.3 is 4.74 Å². The van der Waals surface area contributed by atoms with Crippen LogP contribution in [0.5, 0.6) is 5.75 Å². The summed E-state index contributed by atoms with van der Waals surface area (Å²) in [6, 6.07) is 25.2. The molecule has 0 saturated heterocycles. The fourth-order valence-corrected chi connectivity index (χ4v) is 5.93. The van der Waals surface area contributed by atoms with Crippen LogP contribution in [0.1, 0.15) is 16.7 Å². The van der Waals surface area contributed by atoms with Gasteiger partial charge in [-0.15, -0.1) is 10.2 Å². The highest BCUT2D eigenvalue weighted by Gasteiger charge is 2.09. The lowest BCUT2D eigenvalue weighted by molar-refractivity contribution is -0.118. The van der Waals surface area contributed by atoms with Crippen molar-refractivity contribution in [2.45, 2.75) is 21.0 Å². The summed E-state index contributed by atoms with van der Waals surface area (Å²) in [6.07, 6.45) is 1.59. The van der Waals surface area contributed by atoms with E-state index in [1.807, 2.05) is 78.9 Å². The van der Waals surface area contributed by atoms with E-state index in [2.05, 4.69) is 20.7 Å². The summed E-state index contributed by atoms with van der Waals surface area (Å²) in [5.41, 5.74) is 5.52. The third kappa shape index (κ3) is 8.40. The molecule has 0 fully saturated rings. The maximum atomic E-state index is 12.2. The zero-order chi connectivity index (χ0) is 24.3. The summed E-state index contributed by atoms with van der Waals surface area (Å²) in [4.78, 5) is 12.2. The van der Waals surface area contributed by atoms with Crippen LogP contribution in [0, 0.1) is 0 Å². The van der Waals surface area contributed by atoms with Crippen LogP contribution < -0.4 is 10.2 Å². The zero-order valence-corrected chi connectivity index (χ0v) is 21.7. The summed E-state index contributed by atoms with van der Waals surface area (Å²) in [5, 5.41) is 13.1. The summed E-state index contributed by atoms with van der Waals surface area (Å²) in [5.74, 6) is 1.43. The van der Waals surface area contributed by atoms with Crippen LogP contribution in [-0.4, -0.2) is 28.1 Å². The molecule has 0 radical (unpaired) electrons. The van der Waals surface area contributed by atoms with Crippen molar-refractivity contribution >= 4 is 58.6 Å². The molecule has 3 aromatic carbocycles. The topological polar surface area (TPSA) is 76.5 Å². The van der Waals surface area contributed by atoms with Gasteiger partial charge >= 0.3 is 0 Å². The predicted octanol–water partition coefficient (Wildman–Crippen LogP) is 6.31. The van der Waals surface area contributed by atoms with E-state index in [1.54, 1.807) is 18.0 Å². The number of halogens is 1. The highest BCUT2D eigenvalue weighted by atomic mass is 35.5. The van der Waals surface area contributed by atoms with Gasteiger partial charge in [0.1, 0.15) is 12.4 Å². The Balaban J connectivity index is 1.19. The van der Waals surface area contributed by atoms with Crippen molar-refractivity contribution in [2.75, 3.05) is 5.75 Å². The number of carbonyl (C=O) groups excluding carboxylic acids is 1. The third-order valence-corrected chi connectivity index (χ3v) is 8.14. The number of hydrogen-bond acceptors (Lipinski definition) is 8. The lowest BCUT2D eigenvalue weighted by Crippen LogP contribution is -2.19. The molecule has 178 valence electrons. The number of benzene rings is 3. The second-order valence-electron chi connectivity index (χ2n) is 7.14. The number of aromatic nitrogens is 2. The average molecular weight is 541 g/mol. The van der Waals surface area contributed by atoms with Gasteiger partial charge in [-0.1, -0.05) is 107 Å². The van der Waals surface area contributed by atoms with Crippen LogP contribution in [-0.2, 0) is 17.2 Å². The second-order valence-corrected chi connectivity index (χ2v) is 11.0. The summed E-state index contributed by atoms with van der Waals surface area (Å²) in [7, 11) is 0. The van der Waals surface area contributed by atoms with Gasteiger partial charge in [-0.2, -0.15) is 5.10 Å². The Morgan fingerprint density at radius 1 is 1.00 bits per heavy atom. The minimum absolute atomic E-state index is 0.196. The van der Waals surface area contributed by atoms with E-state index in [0.29, 0.717) is 12.4 Å². The highest BCUT2D eigenvalue weighted by molar-refractivity contribution is 8.03. The van der Waals surface area contributed by atoms with Crippen molar-refractivity contribution in [2.24, 2.45) is 5.10 Å². The number of nitrogens with zero attached hydrogens (tertiary/aromatic N) is 3. The standard InChI is InChI=1S/C25H21ClN4O2S3/c26-22-12-5-4-10-20(22)16-33-24-29-30-25(35-24)34-17-23(31)28-27-14-19-9-6-11-21(13-19)32-15-18-7-2-1-3-8-18/h1-14H,15-17H2,(H,28,31)/b27-14+. The summed E-state index contributed by atoms with van der Waals surface area (Å²) >= 11 is 10.5. The maximum Gasteiger partial charge on any atom is 0.250 e. The van der Waals surface area contributed by atoms with E-state index in [9.17, 15) is 4.79 Å². The first-order valence-corrected chi connectivity index (χ1v) is 13.7. The number of ether oxygens (including phenoxy) is 1. The first-order valence-electron chi connectivity index (χ1n) is 10.6. The Morgan fingerprint density at radius 3 is 2.60 bits per heavy atom. The first-order chi connectivity index (χ1) is 17.2. The van der Waals surface area contributed by atoms with Gasteiger partial charge in [-0.25, -0.2) is 5.43 Å². The largest absolute Gasteiger partial charge is 0.489 e. The molecule has 0 aliphatic rings. The molecule has 0 saturated carbocycles. The van der Waals surface area contributed by atoms with E-state index in [0.717, 1.165) is 36.1 Å². The lowest BCUT2D eigenvalue weighted by Gasteiger charge is -2.06. The fraction of sp³-hybridized carbons (Fsp3) is 0.120. The van der Waals surface area contributed by atoms with Gasteiger partial charge in [-0.3, -0.25) is 4.79 Å². The van der Waals surface area contributed by atoms with Crippen molar-refractivity contribution in [1.29, 1.82) is 0 Å². The Bertz CT molecular complexity index is 1280. The Labute approximate surface area is 221 Å². The molecule has 0 aliphatic heterocycles. The molecule has 10 heteroatoms. The molecule has 1 aromatic heterocycles. The third-order valence-electron chi connectivity index (χ3n) is 4.53. The predicted molar refractivity (Wildman–Crippen MR) is 145 cm³/mol. The van der Waals surface area contributed by atoms with Gasteiger partial charge in [-0.05, 0) is 34.9 Å². The van der Waals surface area contributed by atoms with Gasteiger partial charge in [0.15, 0.2) is 8.68 Å². The molecule has 4 rings (SSSR count). The molecular formula is C25H21ClN4O2S3. The number of hydrogen-bond donors (Lipinski definition) is 1. The number of nitrogens with one attached hydrogen (secondary N) is 1. The number of amides is 1. The number of carbonyl (C=O) groups is 1. The van der Waals surface area contributed by atoms with Crippen molar-refractivity contribution in [3.8, 4) is 5.75 Å². The molecule has 4 aromatic rings. The molecule has 1 N–H and O–H groups in total. The molecule has 1 heterocycles. The van der Waals surface area contributed by atoms with Gasteiger partial charge in [0.25, 0.3) is 5.91 Å². The van der Waals surface area contributed by atoms with Crippen molar-refractivity contribution in [1.82, 2.24) is 15.6 Å². The van der Waals surface area contributed by atoms with Crippen molar-refractivity contribution < 1.29 is 9.53 Å². The average Bonchev–Trinajstić information content (AvgIpc) is 3.35. The fourth-order valence-electron chi connectivity index (χ4n) is 2.83. The molecular weight excluding hydrogens is 520 g/mol. The van der Waals surface area contributed by atoms with Crippen LogP contribution in [0.15, 0.2) is 92.6 Å². The zero-order valence-electron chi connectivity index (χ0n) is 18.5. The Kier molecular flexibility index (Phi) is 9.59. The first kappa shape index (κ1) is 25.2. The molecule has 0 atom stereocenters. The van der Waals surface area contributed by atoms with Crippen LogP contribution in [0.3, 0.4) is 0 Å². The lowest BCUT2D eigenvalue weighted by atomic mass is 10.2. The molecule has 0 bridgehead atoms. The maximum absolute atomic E-state index is 12.2. The van der Waals surface area contributed by atoms with Crippen LogP contribution in [0.4, 0.5) is 0 Å². The highest BCUT2D eigenvalue weighted by Crippen LogP contribution is 2.32. The van der Waals surface area contributed by atoms with Gasteiger partial charge in [0.05, 0.1) is 12.0 Å². The Hall–Kier alpha value is -2.85. The quantitative estimate of drug-likeness (QED) is 0.136. The minimum Gasteiger partial charge on any atom is -0.489 e. The van der Waals surface area contributed by atoms with Gasteiger partial charge in [0, 0.05) is 10.8 Å². The van der Waals surface area contributed by atoms with Crippen molar-refractivity contribution in [3.05, 3.63) is 101 Å². The van der Waals surface area contributed by atoms with E-state index >= 15 is 0 Å². The SMILES string of the molecule is O=C(CSc1nnc(SCc2ccccc2Cl)s1)N/N=C/c1cccc(OCc2ccccc2)c1. The normalized spacial score (nSPS) is 11.0. The number of thioether (sulfide) groups is 2.